The molecule has 0 bridgehead atoms. The van der Waals surface area contributed by atoms with Gasteiger partial charge in [0.15, 0.2) is 0 Å². The molecule has 26 heavy (non-hydrogen) atoms. The summed E-state index contributed by atoms with van der Waals surface area (Å²) in [5.74, 6) is 0.719. The highest BCUT2D eigenvalue weighted by atomic mass is 32.2. The van der Waals surface area contributed by atoms with Crippen molar-refractivity contribution in [1.82, 2.24) is 25.5 Å². The van der Waals surface area contributed by atoms with Gasteiger partial charge >= 0.3 is 0 Å². The Morgan fingerprint density at radius 1 is 1.35 bits per heavy atom. The predicted molar refractivity (Wildman–Crippen MR) is 101 cm³/mol. The first-order valence-corrected chi connectivity index (χ1v) is 9.87. The van der Waals surface area contributed by atoms with Gasteiger partial charge in [0.2, 0.25) is 11.1 Å². The third-order valence-electron chi connectivity index (χ3n) is 4.61. The van der Waals surface area contributed by atoms with Crippen LogP contribution in [0.4, 0.5) is 0 Å². The van der Waals surface area contributed by atoms with Crippen LogP contribution in [0.15, 0.2) is 23.4 Å². The molecule has 1 N–H and O–H groups in total. The normalized spacial score (nSPS) is 16.3. The molecule has 0 spiro atoms. The number of carbonyl (C=O) groups excluding carboxylic acids is 1. The lowest BCUT2D eigenvalue weighted by Crippen LogP contribution is -2.40. The molecule has 1 aromatic carbocycles. The van der Waals surface area contributed by atoms with E-state index in [0.29, 0.717) is 16.9 Å². The summed E-state index contributed by atoms with van der Waals surface area (Å²) in [5.41, 5.74) is 1.84. The van der Waals surface area contributed by atoms with E-state index in [0.717, 1.165) is 24.1 Å². The zero-order chi connectivity index (χ0) is 18.5. The largest absolute Gasteiger partial charge is 0.494 e. The van der Waals surface area contributed by atoms with Crippen molar-refractivity contribution in [2.24, 2.45) is 0 Å². The number of aryl methyl sites for hydroxylation is 1. The highest BCUT2D eigenvalue weighted by Gasteiger charge is 2.23. The molecule has 140 valence electrons. The number of hydrogen-bond donors (Lipinski definition) is 1. The van der Waals surface area contributed by atoms with Gasteiger partial charge in [-0.25, -0.2) is 0 Å². The third kappa shape index (κ3) is 4.35. The molecule has 1 saturated carbocycles. The van der Waals surface area contributed by atoms with E-state index in [1.807, 2.05) is 32.0 Å². The Balaban J connectivity index is 1.72. The number of hydrogen-bond acceptors (Lipinski definition) is 6. The lowest BCUT2D eigenvalue weighted by molar-refractivity contribution is -0.121. The molecule has 0 radical (unpaired) electrons. The smallest absolute Gasteiger partial charge is 0.233 e. The molecular formula is C18H25N5O2S. The lowest BCUT2D eigenvalue weighted by Gasteiger charge is -2.24. The Kier molecular flexibility index (Phi) is 6.13. The second kappa shape index (κ2) is 8.53. The van der Waals surface area contributed by atoms with Gasteiger partial charge in [-0.1, -0.05) is 37.1 Å². The van der Waals surface area contributed by atoms with E-state index in [1.54, 1.807) is 11.8 Å². The maximum atomic E-state index is 12.5. The number of amides is 1. The molecule has 1 aromatic heterocycles. The molecule has 3 rings (SSSR count). The number of nitrogens with zero attached hydrogens (tertiary/aromatic N) is 4. The molecule has 1 unspecified atom stereocenters. The molecule has 0 aliphatic heterocycles. The SMILES string of the molecule is COc1ccc(C)cc1-n1nnnc1SC(C)C(=O)NC1CCCCC1. The fourth-order valence-electron chi connectivity index (χ4n) is 3.15. The average Bonchev–Trinajstić information content (AvgIpc) is 3.10. The summed E-state index contributed by atoms with van der Waals surface area (Å²) >= 11 is 1.35. The topological polar surface area (TPSA) is 81.9 Å². The van der Waals surface area contributed by atoms with Gasteiger partial charge in [0, 0.05) is 6.04 Å². The van der Waals surface area contributed by atoms with Crippen LogP contribution in [0.3, 0.4) is 0 Å². The Bertz CT molecular complexity index is 758. The van der Waals surface area contributed by atoms with Crippen molar-refractivity contribution in [2.45, 2.75) is 62.4 Å². The molecule has 2 aromatic rings. The van der Waals surface area contributed by atoms with E-state index in [1.165, 1.54) is 31.0 Å². The maximum Gasteiger partial charge on any atom is 0.233 e. The standard InChI is InChI=1S/C18H25N5O2S/c1-12-9-10-16(25-3)15(11-12)23-18(20-21-22-23)26-13(2)17(24)19-14-7-5-4-6-8-14/h9-11,13-14H,4-8H2,1-3H3,(H,19,24). The molecule has 1 aliphatic carbocycles. The van der Waals surface area contributed by atoms with Gasteiger partial charge in [-0.2, -0.15) is 4.68 Å². The summed E-state index contributed by atoms with van der Waals surface area (Å²) in [6, 6.07) is 6.12. The van der Waals surface area contributed by atoms with Crippen LogP contribution in [-0.2, 0) is 4.79 Å². The molecule has 8 heteroatoms. The quantitative estimate of drug-likeness (QED) is 0.782. The average molecular weight is 375 g/mol. The van der Waals surface area contributed by atoms with Crippen molar-refractivity contribution in [2.75, 3.05) is 7.11 Å². The minimum absolute atomic E-state index is 0.0349. The van der Waals surface area contributed by atoms with Crippen LogP contribution < -0.4 is 10.1 Å². The minimum Gasteiger partial charge on any atom is -0.494 e. The molecule has 0 saturated heterocycles. The van der Waals surface area contributed by atoms with E-state index in [9.17, 15) is 4.79 Å². The second-order valence-electron chi connectivity index (χ2n) is 6.65. The van der Waals surface area contributed by atoms with Crippen LogP contribution in [0.25, 0.3) is 5.69 Å². The van der Waals surface area contributed by atoms with Crippen molar-refractivity contribution < 1.29 is 9.53 Å². The summed E-state index contributed by atoms with van der Waals surface area (Å²) in [5, 5.41) is 15.4. The summed E-state index contributed by atoms with van der Waals surface area (Å²) in [6.07, 6.45) is 5.79. The van der Waals surface area contributed by atoms with Crippen LogP contribution in [0.1, 0.15) is 44.6 Å². The molecule has 1 amide bonds. The number of aromatic nitrogens is 4. The van der Waals surface area contributed by atoms with Crippen LogP contribution in [-0.4, -0.2) is 44.5 Å². The van der Waals surface area contributed by atoms with Gasteiger partial charge in [-0.3, -0.25) is 4.79 Å². The molecule has 1 atom stereocenters. The molecular weight excluding hydrogens is 350 g/mol. The Hall–Kier alpha value is -2.09. The first kappa shape index (κ1) is 18.7. The zero-order valence-electron chi connectivity index (χ0n) is 15.4. The Morgan fingerprint density at radius 3 is 2.85 bits per heavy atom. The number of nitrogens with one attached hydrogen (secondary N) is 1. The van der Waals surface area contributed by atoms with E-state index in [2.05, 4.69) is 20.8 Å². The van der Waals surface area contributed by atoms with Gasteiger partial charge in [0.1, 0.15) is 11.4 Å². The van der Waals surface area contributed by atoms with Gasteiger partial charge < -0.3 is 10.1 Å². The third-order valence-corrected chi connectivity index (χ3v) is 5.64. The van der Waals surface area contributed by atoms with E-state index in [-0.39, 0.29) is 11.2 Å². The summed E-state index contributed by atoms with van der Waals surface area (Å²) in [4.78, 5) is 12.5. The predicted octanol–water partition coefficient (Wildman–Crippen LogP) is 2.91. The highest BCUT2D eigenvalue weighted by molar-refractivity contribution is 8.00. The van der Waals surface area contributed by atoms with Crippen LogP contribution >= 0.6 is 11.8 Å². The van der Waals surface area contributed by atoms with E-state index >= 15 is 0 Å². The van der Waals surface area contributed by atoms with Crippen molar-refractivity contribution in [3.8, 4) is 11.4 Å². The van der Waals surface area contributed by atoms with E-state index in [4.69, 9.17) is 4.74 Å². The molecule has 1 aliphatic rings. The molecule has 7 nitrogen and oxygen atoms in total. The Morgan fingerprint density at radius 2 is 2.12 bits per heavy atom. The number of ether oxygens (including phenoxy) is 1. The second-order valence-corrected chi connectivity index (χ2v) is 7.96. The monoisotopic (exact) mass is 375 g/mol. The number of rotatable bonds is 6. The van der Waals surface area contributed by atoms with E-state index < -0.39 is 0 Å². The number of methoxy groups -OCH3 is 1. The maximum absolute atomic E-state index is 12.5. The fraction of sp³-hybridized carbons (Fsp3) is 0.556. The van der Waals surface area contributed by atoms with Crippen LogP contribution in [0.5, 0.6) is 5.75 Å². The van der Waals surface area contributed by atoms with Gasteiger partial charge in [-0.15, -0.1) is 5.10 Å². The van der Waals surface area contributed by atoms with Crippen LogP contribution in [0.2, 0.25) is 0 Å². The number of tetrazole rings is 1. The molecule has 1 fully saturated rings. The van der Waals surface area contributed by atoms with Crippen molar-refractivity contribution in [3.05, 3.63) is 23.8 Å². The fourth-order valence-corrected chi connectivity index (χ4v) is 3.96. The highest BCUT2D eigenvalue weighted by Crippen LogP contribution is 2.29. The lowest BCUT2D eigenvalue weighted by atomic mass is 9.95. The Labute approximate surface area is 157 Å². The summed E-state index contributed by atoms with van der Waals surface area (Å²) < 4.78 is 7.05. The number of benzene rings is 1. The van der Waals surface area contributed by atoms with Gasteiger partial charge in [-0.05, 0) is 54.8 Å². The summed E-state index contributed by atoms with van der Waals surface area (Å²) in [6.45, 7) is 3.88. The van der Waals surface area contributed by atoms with Gasteiger partial charge in [0.05, 0.1) is 12.4 Å². The summed E-state index contributed by atoms with van der Waals surface area (Å²) in [7, 11) is 1.62. The van der Waals surface area contributed by atoms with Crippen molar-refractivity contribution >= 4 is 17.7 Å². The molecule has 1 heterocycles. The van der Waals surface area contributed by atoms with Crippen molar-refractivity contribution in [1.29, 1.82) is 0 Å². The van der Waals surface area contributed by atoms with Gasteiger partial charge in [0.25, 0.3) is 0 Å². The first-order chi connectivity index (χ1) is 12.6. The first-order valence-electron chi connectivity index (χ1n) is 8.99. The van der Waals surface area contributed by atoms with Crippen molar-refractivity contribution in [3.63, 3.8) is 0 Å². The van der Waals surface area contributed by atoms with Crippen LogP contribution in [0, 0.1) is 6.92 Å². The number of carbonyl (C=O) groups is 1. The minimum atomic E-state index is -0.280. The zero-order valence-corrected chi connectivity index (χ0v) is 16.3. The number of thioether (sulfide) groups is 1.